The predicted molar refractivity (Wildman–Crippen MR) is 110 cm³/mol. The fourth-order valence-corrected chi connectivity index (χ4v) is 7.41. The smallest absolute Gasteiger partial charge is 0.303 e. The van der Waals surface area contributed by atoms with Crippen LogP contribution in [0.15, 0.2) is 23.8 Å². The number of esters is 1. The Kier molecular flexibility index (Phi) is 5.11. The molecule has 4 rings (SSSR count). The van der Waals surface area contributed by atoms with Crippen molar-refractivity contribution >= 4 is 17.5 Å². The summed E-state index contributed by atoms with van der Waals surface area (Å²) in [6, 6.07) is 0. The Morgan fingerprint density at radius 1 is 1.25 bits per heavy atom. The lowest BCUT2D eigenvalue weighted by molar-refractivity contribution is -0.224. The highest BCUT2D eigenvalue weighted by atomic mass is 19.1. The van der Waals surface area contributed by atoms with Gasteiger partial charge in [0, 0.05) is 23.7 Å². The van der Waals surface area contributed by atoms with Gasteiger partial charge in [0.05, 0.1) is 6.10 Å². The number of Topliss-reactive ketones (excluding diaryl/α,β-unsaturated/α-hetero) is 1. The first-order chi connectivity index (χ1) is 14.7. The van der Waals surface area contributed by atoms with Gasteiger partial charge in [-0.3, -0.25) is 14.4 Å². The number of rotatable bonds is 3. The molecule has 0 unspecified atom stereocenters. The summed E-state index contributed by atoms with van der Waals surface area (Å²) in [6.07, 6.45) is 0.271. The van der Waals surface area contributed by atoms with Gasteiger partial charge < -0.3 is 14.9 Å². The lowest BCUT2D eigenvalue weighted by Crippen LogP contribution is -2.70. The van der Waals surface area contributed by atoms with Gasteiger partial charge in [0.1, 0.15) is 11.8 Å². The molecular weight excluding hydrogens is 422 g/mol. The van der Waals surface area contributed by atoms with Crippen LogP contribution in [0.5, 0.6) is 0 Å². The quantitative estimate of drug-likeness (QED) is 0.638. The maximum Gasteiger partial charge on any atom is 0.303 e. The van der Waals surface area contributed by atoms with E-state index in [2.05, 4.69) is 0 Å². The topological polar surface area (TPSA) is 101 Å². The number of alkyl halides is 2. The van der Waals surface area contributed by atoms with E-state index in [1.54, 1.807) is 13.8 Å². The molecule has 176 valence electrons. The molecule has 0 radical (unpaired) electrons. The molecule has 0 heterocycles. The van der Waals surface area contributed by atoms with Gasteiger partial charge >= 0.3 is 5.97 Å². The molecule has 8 heteroatoms. The van der Waals surface area contributed by atoms with Crippen molar-refractivity contribution in [2.45, 2.75) is 70.5 Å². The van der Waals surface area contributed by atoms with Crippen LogP contribution in [0.4, 0.5) is 8.78 Å². The third kappa shape index (κ3) is 2.65. The first kappa shape index (κ1) is 23.2. The normalized spacial score (nSPS) is 49.6. The number of hydrogen-bond acceptors (Lipinski definition) is 6. The SMILES string of the molecule is CC(=O)OCC(=O)[C@@]1(O)[C@@H](C)C[C@H]2[C@@H]3C[C@H](F)C4=CC(=O)C=C[C@]4(C)[C@@]3(F)[C@@H](O)C[C@@]21C. The van der Waals surface area contributed by atoms with E-state index >= 15 is 8.78 Å². The molecule has 4 aliphatic carbocycles. The molecule has 3 saturated carbocycles. The lowest BCUT2D eigenvalue weighted by atomic mass is 9.44. The molecule has 0 bridgehead atoms. The molecule has 3 fully saturated rings. The number of hydrogen-bond donors (Lipinski definition) is 2. The Bertz CT molecular complexity index is 945. The van der Waals surface area contributed by atoms with E-state index in [1.807, 2.05) is 0 Å². The standard InChI is InChI=1S/C24H30F2O6/c1-12-7-15-16-9-18(25)17-8-14(28)5-6-21(17,3)23(16,26)19(29)10-22(15,4)24(12,31)20(30)11-32-13(2)27/h5-6,8,12,15-16,18-19,29,31H,7,9-11H2,1-4H3/t12-,15-,16-,18-,19-,21-,22-,23-,24-/m0/s1. The zero-order chi connectivity index (χ0) is 23.9. The van der Waals surface area contributed by atoms with Crippen molar-refractivity contribution in [1.29, 1.82) is 0 Å². The second-order valence-corrected chi connectivity index (χ2v) is 10.5. The molecule has 0 aliphatic heterocycles. The number of carbonyl (C=O) groups excluding carboxylic acids is 3. The number of aliphatic hydroxyl groups excluding tert-OH is 1. The van der Waals surface area contributed by atoms with Crippen LogP contribution in [-0.2, 0) is 19.1 Å². The molecule has 0 saturated heterocycles. The van der Waals surface area contributed by atoms with Crippen molar-refractivity contribution in [3.63, 3.8) is 0 Å². The molecular formula is C24H30F2O6. The monoisotopic (exact) mass is 452 g/mol. The number of ether oxygens (including phenoxy) is 1. The number of aliphatic hydroxyl groups is 2. The lowest BCUT2D eigenvalue weighted by Gasteiger charge is -2.63. The molecule has 0 amide bonds. The van der Waals surface area contributed by atoms with Crippen LogP contribution in [-0.4, -0.2) is 57.9 Å². The van der Waals surface area contributed by atoms with Gasteiger partial charge in [-0.1, -0.05) is 19.9 Å². The molecule has 0 aromatic rings. The summed E-state index contributed by atoms with van der Waals surface area (Å²) in [5, 5.41) is 22.8. The number of carbonyl (C=O) groups is 3. The van der Waals surface area contributed by atoms with Crippen molar-refractivity contribution in [3.05, 3.63) is 23.8 Å². The van der Waals surface area contributed by atoms with E-state index < -0.39 is 76.3 Å². The largest absolute Gasteiger partial charge is 0.458 e. The summed E-state index contributed by atoms with van der Waals surface area (Å²) in [6.45, 7) is 5.34. The summed E-state index contributed by atoms with van der Waals surface area (Å²) < 4.78 is 37.2. The molecule has 0 aromatic carbocycles. The maximum absolute atomic E-state index is 17.0. The minimum atomic E-state index is -2.27. The fraction of sp³-hybridized carbons (Fsp3) is 0.708. The summed E-state index contributed by atoms with van der Waals surface area (Å²) in [5.74, 6) is -3.98. The van der Waals surface area contributed by atoms with Crippen LogP contribution < -0.4 is 0 Å². The molecule has 9 atom stereocenters. The van der Waals surface area contributed by atoms with Crippen LogP contribution in [0.1, 0.15) is 47.0 Å². The van der Waals surface area contributed by atoms with E-state index in [0.29, 0.717) is 0 Å². The minimum Gasteiger partial charge on any atom is -0.458 e. The summed E-state index contributed by atoms with van der Waals surface area (Å²) in [4.78, 5) is 36.1. The molecule has 4 aliphatic rings. The first-order valence-electron chi connectivity index (χ1n) is 11.1. The second kappa shape index (κ2) is 7.03. The van der Waals surface area contributed by atoms with Crippen molar-refractivity contribution < 1.29 is 38.1 Å². The van der Waals surface area contributed by atoms with Crippen molar-refractivity contribution in [2.24, 2.45) is 28.6 Å². The zero-order valence-corrected chi connectivity index (χ0v) is 18.7. The van der Waals surface area contributed by atoms with Crippen LogP contribution >= 0.6 is 0 Å². The summed E-state index contributed by atoms with van der Waals surface area (Å²) in [5.41, 5.74) is -6.97. The van der Waals surface area contributed by atoms with Crippen LogP contribution in [0.3, 0.4) is 0 Å². The van der Waals surface area contributed by atoms with E-state index in [-0.39, 0.29) is 24.8 Å². The average molecular weight is 452 g/mol. The van der Waals surface area contributed by atoms with Crippen LogP contribution in [0.2, 0.25) is 0 Å². The van der Waals surface area contributed by atoms with E-state index in [4.69, 9.17) is 4.74 Å². The third-order valence-corrected chi connectivity index (χ3v) is 9.04. The van der Waals surface area contributed by atoms with E-state index in [9.17, 15) is 24.6 Å². The number of fused-ring (bicyclic) bond motifs is 5. The Labute approximate surface area is 185 Å². The Balaban J connectivity index is 1.79. The summed E-state index contributed by atoms with van der Waals surface area (Å²) in [7, 11) is 0. The molecule has 2 N–H and O–H groups in total. The van der Waals surface area contributed by atoms with E-state index in [0.717, 1.165) is 13.0 Å². The average Bonchev–Trinajstić information content (AvgIpc) is 2.91. The highest BCUT2D eigenvalue weighted by Gasteiger charge is 2.76. The maximum atomic E-state index is 17.0. The number of halogens is 2. The molecule has 32 heavy (non-hydrogen) atoms. The molecule has 0 aromatic heterocycles. The predicted octanol–water partition coefficient (Wildman–Crippen LogP) is 2.41. The van der Waals surface area contributed by atoms with Crippen LogP contribution in [0.25, 0.3) is 0 Å². The highest BCUT2D eigenvalue weighted by molar-refractivity contribution is 6.01. The Morgan fingerprint density at radius 2 is 1.91 bits per heavy atom. The van der Waals surface area contributed by atoms with Gasteiger partial charge in [-0.25, -0.2) is 8.78 Å². The van der Waals surface area contributed by atoms with Crippen molar-refractivity contribution in [3.8, 4) is 0 Å². The number of allylic oxidation sites excluding steroid dienone is 4. The minimum absolute atomic E-state index is 0.0265. The first-order valence-corrected chi connectivity index (χ1v) is 11.1. The highest BCUT2D eigenvalue weighted by Crippen LogP contribution is 2.70. The van der Waals surface area contributed by atoms with Gasteiger partial charge in [-0.15, -0.1) is 0 Å². The molecule has 0 spiro atoms. The van der Waals surface area contributed by atoms with Gasteiger partial charge in [0.2, 0.25) is 5.78 Å². The van der Waals surface area contributed by atoms with Crippen molar-refractivity contribution in [1.82, 2.24) is 0 Å². The van der Waals surface area contributed by atoms with Gasteiger partial charge in [0.15, 0.2) is 18.1 Å². The second-order valence-electron chi connectivity index (χ2n) is 10.5. The Hall–Kier alpha value is -1.93. The van der Waals surface area contributed by atoms with Crippen molar-refractivity contribution in [2.75, 3.05) is 6.61 Å². The van der Waals surface area contributed by atoms with Gasteiger partial charge in [-0.05, 0) is 55.7 Å². The van der Waals surface area contributed by atoms with E-state index in [1.165, 1.54) is 19.1 Å². The summed E-state index contributed by atoms with van der Waals surface area (Å²) >= 11 is 0. The zero-order valence-electron chi connectivity index (χ0n) is 18.7. The Morgan fingerprint density at radius 3 is 2.53 bits per heavy atom. The third-order valence-electron chi connectivity index (χ3n) is 9.04. The fourth-order valence-electron chi connectivity index (χ4n) is 7.41. The van der Waals surface area contributed by atoms with Crippen LogP contribution in [0, 0.1) is 28.6 Å². The number of ketones is 2. The van der Waals surface area contributed by atoms with Gasteiger partial charge in [-0.2, -0.15) is 0 Å². The molecule has 6 nitrogen and oxygen atoms in total. The van der Waals surface area contributed by atoms with Gasteiger partial charge in [0.25, 0.3) is 0 Å².